The molecule has 1 saturated heterocycles. The maximum Gasteiger partial charge on any atom is 0.238 e. The van der Waals surface area contributed by atoms with Crippen LogP contribution in [0.2, 0.25) is 0 Å². The molecule has 1 aromatic carbocycles. The van der Waals surface area contributed by atoms with E-state index < -0.39 is 0 Å². The van der Waals surface area contributed by atoms with Crippen LogP contribution in [0.3, 0.4) is 0 Å². The van der Waals surface area contributed by atoms with Gasteiger partial charge in [0.25, 0.3) is 0 Å². The van der Waals surface area contributed by atoms with Crippen molar-refractivity contribution in [3.8, 4) is 5.75 Å². The molecule has 150 valence electrons. The number of carbonyl (C=O) groups excluding carboxylic acids is 2. The van der Waals surface area contributed by atoms with Crippen LogP contribution in [0.4, 0.5) is 5.69 Å². The summed E-state index contributed by atoms with van der Waals surface area (Å²) in [7, 11) is 3.45. The third-order valence-electron chi connectivity index (χ3n) is 5.18. The highest BCUT2D eigenvalue weighted by Gasteiger charge is 2.28. The first kappa shape index (κ1) is 20.1. The SMILES string of the molecule is COc1c(C)cc(C(=O)C2CCCN(CC(=O)Nc3cnn(C)c3)C2)cc1C. The maximum absolute atomic E-state index is 13.0. The number of ether oxygens (including phenoxy) is 1. The number of methoxy groups -OCH3 is 1. The molecule has 0 aliphatic carbocycles. The Morgan fingerprint density at radius 3 is 2.61 bits per heavy atom. The number of piperidine rings is 1. The lowest BCUT2D eigenvalue weighted by atomic mass is 9.88. The Morgan fingerprint density at radius 1 is 1.29 bits per heavy atom. The van der Waals surface area contributed by atoms with E-state index in [0.29, 0.717) is 12.2 Å². The van der Waals surface area contributed by atoms with Gasteiger partial charge in [-0.05, 0) is 56.5 Å². The van der Waals surface area contributed by atoms with E-state index in [2.05, 4.69) is 15.3 Å². The van der Waals surface area contributed by atoms with Crippen LogP contribution < -0.4 is 10.1 Å². The Bertz CT molecular complexity index is 851. The number of hydrogen-bond donors (Lipinski definition) is 1. The van der Waals surface area contributed by atoms with Gasteiger partial charge in [0.15, 0.2) is 5.78 Å². The lowest BCUT2D eigenvalue weighted by Crippen LogP contribution is -2.42. The van der Waals surface area contributed by atoms with Crippen LogP contribution in [0.5, 0.6) is 5.75 Å². The highest BCUT2D eigenvalue weighted by molar-refractivity contribution is 5.98. The van der Waals surface area contributed by atoms with Crippen LogP contribution in [0.1, 0.15) is 34.3 Å². The van der Waals surface area contributed by atoms with E-state index in [9.17, 15) is 9.59 Å². The molecule has 1 N–H and O–H groups in total. The van der Waals surface area contributed by atoms with Gasteiger partial charge in [-0.1, -0.05) is 0 Å². The predicted octanol–water partition coefficient (Wildman–Crippen LogP) is 2.58. The van der Waals surface area contributed by atoms with Gasteiger partial charge in [0, 0.05) is 31.3 Å². The highest BCUT2D eigenvalue weighted by Crippen LogP contribution is 2.27. The summed E-state index contributed by atoms with van der Waals surface area (Å²) < 4.78 is 7.04. The van der Waals surface area contributed by atoms with E-state index in [1.54, 1.807) is 31.2 Å². The van der Waals surface area contributed by atoms with E-state index >= 15 is 0 Å². The summed E-state index contributed by atoms with van der Waals surface area (Å²) in [4.78, 5) is 27.4. The molecule has 0 saturated carbocycles. The Labute approximate surface area is 165 Å². The molecular formula is C21H28N4O3. The van der Waals surface area contributed by atoms with Crippen molar-refractivity contribution in [2.24, 2.45) is 13.0 Å². The van der Waals surface area contributed by atoms with E-state index in [4.69, 9.17) is 4.74 Å². The topological polar surface area (TPSA) is 76.5 Å². The fourth-order valence-corrected chi connectivity index (χ4v) is 3.95. The number of likely N-dealkylation sites (tertiary alicyclic amines) is 1. The fraction of sp³-hybridized carbons (Fsp3) is 0.476. The number of benzene rings is 1. The second-order valence-corrected chi connectivity index (χ2v) is 7.53. The summed E-state index contributed by atoms with van der Waals surface area (Å²) in [5, 5.41) is 6.90. The lowest BCUT2D eigenvalue weighted by molar-refractivity contribution is -0.117. The third kappa shape index (κ3) is 4.59. The molecule has 2 heterocycles. The number of amides is 1. The van der Waals surface area contributed by atoms with E-state index in [1.807, 2.05) is 26.0 Å². The van der Waals surface area contributed by atoms with Gasteiger partial charge in [-0.2, -0.15) is 5.10 Å². The van der Waals surface area contributed by atoms with Gasteiger partial charge in [0.2, 0.25) is 5.91 Å². The molecule has 28 heavy (non-hydrogen) atoms. The third-order valence-corrected chi connectivity index (χ3v) is 5.18. The van der Waals surface area contributed by atoms with Crippen molar-refractivity contribution >= 4 is 17.4 Å². The first-order valence-corrected chi connectivity index (χ1v) is 9.57. The van der Waals surface area contributed by atoms with Crippen molar-refractivity contribution in [1.29, 1.82) is 0 Å². The maximum atomic E-state index is 13.0. The molecule has 0 bridgehead atoms. The smallest absolute Gasteiger partial charge is 0.238 e. The standard InChI is InChI=1S/C21H28N4O3/c1-14-8-17(9-15(2)21(14)28-4)20(27)16-6-5-7-25(11-16)13-19(26)23-18-10-22-24(3)12-18/h8-10,12,16H,5-7,11,13H2,1-4H3,(H,23,26). The number of anilines is 1. The molecule has 2 aromatic rings. The number of rotatable bonds is 6. The van der Waals surface area contributed by atoms with Crippen molar-refractivity contribution in [2.45, 2.75) is 26.7 Å². The minimum Gasteiger partial charge on any atom is -0.496 e. The van der Waals surface area contributed by atoms with E-state index in [1.165, 1.54) is 0 Å². The van der Waals surface area contributed by atoms with Crippen molar-refractivity contribution in [3.05, 3.63) is 41.2 Å². The summed E-state index contributed by atoms with van der Waals surface area (Å²) in [5.74, 6) is 0.796. The number of hydrogen-bond acceptors (Lipinski definition) is 5. The summed E-state index contributed by atoms with van der Waals surface area (Å²) in [5.41, 5.74) is 3.34. The van der Waals surface area contributed by atoms with Crippen LogP contribution in [-0.2, 0) is 11.8 Å². The quantitative estimate of drug-likeness (QED) is 0.775. The molecular weight excluding hydrogens is 356 g/mol. The minimum absolute atomic E-state index is 0.0859. The molecule has 1 aliphatic heterocycles. The van der Waals surface area contributed by atoms with Crippen LogP contribution >= 0.6 is 0 Å². The van der Waals surface area contributed by atoms with Crippen LogP contribution in [-0.4, -0.2) is 53.1 Å². The molecule has 0 radical (unpaired) electrons. The van der Waals surface area contributed by atoms with Crippen molar-refractivity contribution < 1.29 is 14.3 Å². The number of Topliss-reactive ketones (excluding diaryl/α,β-unsaturated/α-hetero) is 1. The zero-order valence-electron chi connectivity index (χ0n) is 17.0. The van der Waals surface area contributed by atoms with Gasteiger partial charge in [-0.15, -0.1) is 0 Å². The Balaban J connectivity index is 1.62. The van der Waals surface area contributed by atoms with Gasteiger partial charge < -0.3 is 10.1 Å². The van der Waals surface area contributed by atoms with Gasteiger partial charge in [0.1, 0.15) is 5.75 Å². The van der Waals surface area contributed by atoms with E-state index in [-0.39, 0.29) is 24.2 Å². The molecule has 1 amide bonds. The molecule has 1 aliphatic rings. The second-order valence-electron chi connectivity index (χ2n) is 7.53. The Hall–Kier alpha value is -2.67. The minimum atomic E-state index is -0.0906. The number of nitrogens with one attached hydrogen (secondary N) is 1. The van der Waals surface area contributed by atoms with E-state index in [0.717, 1.165) is 41.8 Å². The van der Waals surface area contributed by atoms with Crippen LogP contribution in [0.25, 0.3) is 0 Å². The molecule has 1 unspecified atom stereocenters. The van der Waals surface area contributed by atoms with Crippen molar-refractivity contribution in [2.75, 3.05) is 32.1 Å². The van der Waals surface area contributed by atoms with Gasteiger partial charge in [-0.25, -0.2) is 0 Å². The van der Waals surface area contributed by atoms with Crippen LogP contribution in [0.15, 0.2) is 24.5 Å². The van der Waals surface area contributed by atoms with Gasteiger partial charge in [0.05, 0.1) is 25.5 Å². The second kappa shape index (κ2) is 8.56. The lowest BCUT2D eigenvalue weighted by Gasteiger charge is -2.31. The molecule has 7 nitrogen and oxygen atoms in total. The number of nitrogens with zero attached hydrogens (tertiary/aromatic N) is 3. The van der Waals surface area contributed by atoms with Crippen molar-refractivity contribution in [3.63, 3.8) is 0 Å². The Kier molecular flexibility index (Phi) is 6.14. The zero-order valence-corrected chi connectivity index (χ0v) is 17.0. The average molecular weight is 384 g/mol. The molecule has 0 spiro atoms. The molecule has 3 rings (SSSR count). The number of aromatic nitrogens is 2. The zero-order chi connectivity index (χ0) is 20.3. The molecule has 7 heteroatoms. The highest BCUT2D eigenvalue weighted by atomic mass is 16.5. The largest absolute Gasteiger partial charge is 0.496 e. The summed E-state index contributed by atoms with van der Waals surface area (Å²) in [6.07, 6.45) is 5.14. The molecule has 1 atom stereocenters. The number of carbonyl (C=O) groups is 2. The number of aryl methyl sites for hydroxylation is 3. The predicted molar refractivity (Wildman–Crippen MR) is 108 cm³/mol. The summed E-state index contributed by atoms with van der Waals surface area (Å²) in [6, 6.07) is 3.81. The van der Waals surface area contributed by atoms with Gasteiger partial charge >= 0.3 is 0 Å². The van der Waals surface area contributed by atoms with Crippen LogP contribution in [0, 0.1) is 19.8 Å². The Morgan fingerprint density at radius 2 is 2.00 bits per heavy atom. The average Bonchev–Trinajstić information content (AvgIpc) is 3.05. The van der Waals surface area contributed by atoms with Crippen molar-refractivity contribution in [1.82, 2.24) is 14.7 Å². The number of ketones is 1. The summed E-state index contributed by atoms with van der Waals surface area (Å²) >= 11 is 0. The first-order chi connectivity index (χ1) is 13.4. The monoisotopic (exact) mass is 384 g/mol. The molecule has 1 fully saturated rings. The normalized spacial score (nSPS) is 17.4. The summed E-state index contributed by atoms with van der Waals surface area (Å²) in [6.45, 7) is 5.62. The fourth-order valence-electron chi connectivity index (χ4n) is 3.95. The molecule has 1 aromatic heterocycles. The first-order valence-electron chi connectivity index (χ1n) is 9.57. The van der Waals surface area contributed by atoms with Gasteiger partial charge in [-0.3, -0.25) is 19.2 Å².